The van der Waals surface area contributed by atoms with Gasteiger partial charge in [0, 0.05) is 37.1 Å². The van der Waals surface area contributed by atoms with Gasteiger partial charge in [0.1, 0.15) is 0 Å². The van der Waals surface area contributed by atoms with E-state index in [9.17, 15) is 0 Å². The zero-order valence-corrected chi connectivity index (χ0v) is 10.5. The highest BCUT2D eigenvalue weighted by atomic mass is 15.1. The Kier molecular flexibility index (Phi) is 2.52. The van der Waals surface area contributed by atoms with E-state index in [1.165, 1.54) is 27.9 Å². The number of fused-ring (bicyclic) bond motifs is 1. The van der Waals surface area contributed by atoms with Gasteiger partial charge in [0.25, 0.3) is 0 Å². The first-order valence-electron chi connectivity index (χ1n) is 6.22. The monoisotopic (exact) mass is 226 g/mol. The molecule has 17 heavy (non-hydrogen) atoms. The van der Waals surface area contributed by atoms with Crippen LogP contribution in [0.15, 0.2) is 30.5 Å². The van der Waals surface area contributed by atoms with Crippen molar-refractivity contribution in [1.29, 1.82) is 0 Å². The third-order valence-corrected chi connectivity index (χ3v) is 3.72. The van der Waals surface area contributed by atoms with Crippen molar-refractivity contribution in [2.45, 2.75) is 26.9 Å². The molecule has 1 aliphatic rings. The predicted octanol–water partition coefficient (Wildman–Crippen LogP) is 2.88. The number of benzene rings is 1. The van der Waals surface area contributed by atoms with Crippen LogP contribution in [0, 0.1) is 13.8 Å². The van der Waals surface area contributed by atoms with Crippen LogP contribution in [-0.2, 0) is 13.1 Å². The lowest BCUT2D eigenvalue weighted by atomic mass is 10.0. The van der Waals surface area contributed by atoms with Gasteiger partial charge in [0.05, 0.1) is 0 Å². The van der Waals surface area contributed by atoms with Crippen LogP contribution in [0.5, 0.6) is 0 Å². The summed E-state index contributed by atoms with van der Waals surface area (Å²) in [4.78, 5) is 0. The lowest BCUT2D eigenvalue weighted by Crippen LogP contribution is -2.27. The molecule has 2 heterocycles. The Morgan fingerprint density at radius 2 is 2.00 bits per heavy atom. The van der Waals surface area contributed by atoms with Gasteiger partial charge >= 0.3 is 0 Å². The smallest absolute Gasteiger partial charge is 0.0394 e. The zero-order chi connectivity index (χ0) is 11.8. The Morgan fingerprint density at radius 3 is 2.82 bits per heavy atom. The molecule has 0 aliphatic carbocycles. The summed E-state index contributed by atoms with van der Waals surface area (Å²) in [5.74, 6) is 0. The van der Waals surface area contributed by atoms with E-state index in [1.54, 1.807) is 0 Å². The third kappa shape index (κ3) is 1.79. The Balaban J connectivity index is 2.09. The first-order valence-corrected chi connectivity index (χ1v) is 6.22. The van der Waals surface area contributed by atoms with E-state index in [4.69, 9.17) is 0 Å². The Bertz CT molecular complexity index is 552. The third-order valence-electron chi connectivity index (χ3n) is 3.72. The molecule has 0 spiro atoms. The van der Waals surface area contributed by atoms with Crippen molar-refractivity contribution in [3.63, 3.8) is 0 Å². The van der Waals surface area contributed by atoms with Gasteiger partial charge in [-0.1, -0.05) is 18.2 Å². The molecule has 2 nitrogen and oxygen atoms in total. The molecule has 1 aliphatic heterocycles. The van der Waals surface area contributed by atoms with Gasteiger partial charge in [-0.25, -0.2) is 0 Å². The SMILES string of the molecule is Cc1ccc(-c2ccn3c2CNCC3)cc1C. The lowest BCUT2D eigenvalue weighted by molar-refractivity contribution is 0.518. The van der Waals surface area contributed by atoms with Gasteiger partial charge in [-0.15, -0.1) is 0 Å². The number of aromatic nitrogens is 1. The maximum atomic E-state index is 3.44. The molecule has 0 radical (unpaired) electrons. The van der Waals surface area contributed by atoms with E-state index in [0.717, 1.165) is 19.6 Å². The van der Waals surface area contributed by atoms with Crippen molar-refractivity contribution in [3.8, 4) is 11.1 Å². The fourth-order valence-electron chi connectivity index (χ4n) is 2.49. The molecular formula is C15H18N2. The molecule has 1 aromatic heterocycles. The molecule has 0 fully saturated rings. The highest BCUT2D eigenvalue weighted by Crippen LogP contribution is 2.27. The average molecular weight is 226 g/mol. The quantitative estimate of drug-likeness (QED) is 0.791. The van der Waals surface area contributed by atoms with Crippen LogP contribution in [0.4, 0.5) is 0 Å². The first kappa shape index (κ1) is 10.6. The second-order valence-electron chi connectivity index (χ2n) is 4.85. The molecule has 3 rings (SSSR count). The van der Waals surface area contributed by atoms with Crippen LogP contribution in [-0.4, -0.2) is 11.1 Å². The van der Waals surface area contributed by atoms with Crippen LogP contribution in [0.1, 0.15) is 16.8 Å². The van der Waals surface area contributed by atoms with E-state index in [1.807, 2.05) is 0 Å². The highest BCUT2D eigenvalue weighted by molar-refractivity contribution is 5.68. The molecule has 1 N–H and O–H groups in total. The fourth-order valence-corrected chi connectivity index (χ4v) is 2.49. The number of hydrogen-bond acceptors (Lipinski definition) is 1. The van der Waals surface area contributed by atoms with Crippen molar-refractivity contribution in [2.24, 2.45) is 0 Å². The van der Waals surface area contributed by atoms with E-state index < -0.39 is 0 Å². The Morgan fingerprint density at radius 1 is 1.12 bits per heavy atom. The Hall–Kier alpha value is -1.54. The summed E-state index contributed by atoms with van der Waals surface area (Å²) in [6.07, 6.45) is 2.21. The lowest BCUT2D eigenvalue weighted by Gasteiger charge is -2.18. The largest absolute Gasteiger partial charge is 0.348 e. The topological polar surface area (TPSA) is 17.0 Å². The molecule has 0 saturated carbocycles. The van der Waals surface area contributed by atoms with Crippen LogP contribution >= 0.6 is 0 Å². The summed E-state index contributed by atoms with van der Waals surface area (Å²) in [7, 11) is 0. The predicted molar refractivity (Wildman–Crippen MR) is 71.0 cm³/mol. The van der Waals surface area contributed by atoms with Crippen molar-refractivity contribution >= 4 is 0 Å². The van der Waals surface area contributed by atoms with Crippen molar-refractivity contribution in [1.82, 2.24) is 9.88 Å². The van der Waals surface area contributed by atoms with Gasteiger partial charge < -0.3 is 9.88 Å². The fraction of sp³-hybridized carbons (Fsp3) is 0.333. The molecule has 88 valence electrons. The minimum Gasteiger partial charge on any atom is -0.348 e. The van der Waals surface area contributed by atoms with Crippen molar-refractivity contribution in [3.05, 3.63) is 47.3 Å². The molecule has 0 amide bonds. The second kappa shape index (κ2) is 4.04. The van der Waals surface area contributed by atoms with Crippen LogP contribution in [0.2, 0.25) is 0 Å². The maximum Gasteiger partial charge on any atom is 0.0394 e. The highest BCUT2D eigenvalue weighted by Gasteiger charge is 2.14. The van der Waals surface area contributed by atoms with Gasteiger partial charge in [0.2, 0.25) is 0 Å². The summed E-state index contributed by atoms with van der Waals surface area (Å²) >= 11 is 0. The second-order valence-corrected chi connectivity index (χ2v) is 4.85. The number of aryl methyl sites for hydroxylation is 2. The van der Waals surface area contributed by atoms with Gasteiger partial charge in [-0.3, -0.25) is 0 Å². The van der Waals surface area contributed by atoms with Crippen molar-refractivity contribution < 1.29 is 0 Å². The minimum absolute atomic E-state index is 0.981. The van der Waals surface area contributed by atoms with Gasteiger partial charge in [-0.2, -0.15) is 0 Å². The van der Waals surface area contributed by atoms with E-state index >= 15 is 0 Å². The zero-order valence-electron chi connectivity index (χ0n) is 10.5. The van der Waals surface area contributed by atoms with Crippen molar-refractivity contribution in [2.75, 3.05) is 6.54 Å². The van der Waals surface area contributed by atoms with Crippen LogP contribution in [0.25, 0.3) is 11.1 Å². The molecule has 0 unspecified atom stereocenters. The van der Waals surface area contributed by atoms with Gasteiger partial charge in [-0.05, 0) is 36.6 Å². The summed E-state index contributed by atoms with van der Waals surface area (Å²) in [6.45, 7) is 7.49. The Labute approximate surface area is 102 Å². The number of rotatable bonds is 1. The van der Waals surface area contributed by atoms with Crippen LogP contribution < -0.4 is 5.32 Å². The normalized spacial score (nSPS) is 14.7. The summed E-state index contributed by atoms with van der Waals surface area (Å²) in [5.41, 5.74) is 6.86. The molecule has 0 atom stereocenters. The molecule has 0 saturated heterocycles. The van der Waals surface area contributed by atoms with Crippen LogP contribution in [0.3, 0.4) is 0 Å². The molecule has 2 heteroatoms. The summed E-state index contributed by atoms with van der Waals surface area (Å²) < 4.78 is 2.36. The number of nitrogens with one attached hydrogen (secondary N) is 1. The molecule has 2 aromatic rings. The molecule has 0 bridgehead atoms. The number of nitrogens with zero attached hydrogens (tertiary/aromatic N) is 1. The first-order chi connectivity index (χ1) is 8.25. The van der Waals surface area contributed by atoms with Gasteiger partial charge in [0.15, 0.2) is 0 Å². The van der Waals surface area contributed by atoms with E-state index in [0.29, 0.717) is 0 Å². The average Bonchev–Trinajstić information content (AvgIpc) is 2.76. The number of hydrogen-bond donors (Lipinski definition) is 1. The maximum absolute atomic E-state index is 3.44. The summed E-state index contributed by atoms with van der Waals surface area (Å²) in [5, 5.41) is 3.44. The minimum atomic E-state index is 0.981. The standard InChI is InChI=1S/C15H18N2/c1-11-3-4-13(9-12(11)2)14-5-7-17-8-6-16-10-15(14)17/h3-5,7,9,16H,6,8,10H2,1-2H3. The molecular weight excluding hydrogens is 208 g/mol. The van der Waals surface area contributed by atoms with E-state index in [-0.39, 0.29) is 0 Å². The molecule has 1 aromatic carbocycles. The van der Waals surface area contributed by atoms with E-state index in [2.05, 4.69) is 54.2 Å². The summed E-state index contributed by atoms with van der Waals surface area (Å²) in [6, 6.07) is 8.98.